The van der Waals surface area contributed by atoms with E-state index in [0.717, 1.165) is 25.7 Å². The Morgan fingerprint density at radius 2 is 0.487 bits per heavy atom. The molecule has 0 heterocycles. The second-order valence-electron chi connectivity index (χ2n) is 25.4. The van der Waals surface area contributed by atoms with Gasteiger partial charge in [0.25, 0.3) is 0 Å². The molecule has 1 amide bonds. The van der Waals surface area contributed by atoms with Gasteiger partial charge in [-0.2, -0.15) is 0 Å². The minimum atomic E-state index is -0.839. The van der Waals surface area contributed by atoms with Crippen LogP contribution in [-0.4, -0.2) is 34.9 Å². The van der Waals surface area contributed by atoms with E-state index in [2.05, 4.69) is 31.3 Å². The van der Waals surface area contributed by atoms with Crippen LogP contribution < -0.4 is 5.32 Å². The number of hydrogen-bond acceptors (Lipinski definition) is 3. The molecule has 0 aliphatic rings. The molecule has 0 radical (unpaired) electrons. The van der Waals surface area contributed by atoms with E-state index in [9.17, 15) is 15.0 Å². The molecule has 78 heavy (non-hydrogen) atoms. The Balaban J connectivity index is 3.39. The van der Waals surface area contributed by atoms with Crippen molar-refractivity contribution in [3.63, 3.8) is 0 Å². The molecule has 3 N–H and O–H groups in total. The smallest absolute Gasteiger partial charge is 0.220 e. The lowest BCUT2D eigenvalue weighted by molar-refractivity contribution is -0.123. The minimum absolute atomic E-state index is 0.0539. The van der Waals surface area contributed by atoms with E-state index in [4.69, 9.17) is 0 Å². The first-order chi connectivity index (χ1) is 38.7. The molecule has 0 saturated carbocycles. The summed E-state index contributed by atoms with van der Waals surface area (Å²) in [7, 11) is 0. The van der Waals surface area contributed by atoms with Crippen LogP contribution in [0.4, 0.5) is 0 Å². The molecule has 4 nitrogen and oxygen atoms in total. The number of aliphatic hydroxyl groups is 2. The van der Waals surface area contributed by atoms with Crippen LogP contribution in [0.3, 0.4) is 0 Å². The normalized spacial score (nSPS) is 12.7. The zero-order chi connectivity index (χ0) is 56.2. The molecule has 4 heteroatoms. The Morgan fingerprint density at radius 1 is 0.295 bits per heavy atom. The molecule has 0 spiro atoms. The number of hydrogen-bond donors (Lipinski definition) is 3. The largest absolute Gasteiger partial charge is 0.394 e. The predicted molar refractivity (Wildman–Crippen MR) is 350 cm³/mol. The molecule has 464 valence electrons. The Morgan fingerprint density at radius 3 is 0.705 bits per heavy atom. The van der Waals surface area contributed by atoms with Crippen molar-refractivity contribution in [3.8, 4) is 0 Å². The fourth-order valence-corrected chi connectivity index (χ4v) is 11.9. The molecule has 0 aromatic heterocycles. The molecule has 0 aromatic carbocycles. The number of carbonyl (C=O) groups is 1. The molecule has 0 aliphatic heterocycles. The third-order valence-electron chi connectivity index (χ3n) is 17.4. The van der Waals surface area contributed by atoms with Crippen molar-refractivity contribution < 1.29 is 15.0 Å². The summed E-state index contributed by atoms with van der Waals surface area (Å²) in [6.45, 7) is 4.36. The lowest BCUT2D eigenvalue weighted by Crippen LogP contribution is -2.45. The fraction of sp³-hybridized carbons (Fsp3) is 0.932. The molecular weight excluding hydrogens is 951 g/mol. The van der Waals surface area contributed by atoms with Crippen molar-refractivity contribution >= 4 is 5.91 Å². The van der Waals surface area contributed by atoms with E-state index < -0.39 is 12.1 Å². The van der Waals surface area contributed by atoms with E-state index in [0.29, 0.717) is 6.42 Å². The molecule has 0 aliphatic carbocycles. The van der Waals surface area contributed by atoms with Gasteiger partial charge in [-0.05, 0) is 44.9 Å². The van der Waals surface area contributed by atoms with Crippen LogP contribution in [0.25, 0.3) is 0 Å². The van der Waals surface area contributed by atoms with Crippen molar-refractivity contribution in [2.24, 2.45) is 0 Å². The Kier molecular flexibility index (Phi) is 69.1. The Hall–Kier alpha value is -1.13. The lowest BCUT2D eigenvalue weighted by Gasteiger charge is -2.20. The summed E-state index contributed by atoms with van der Waals surface area (Å²) in [5.74, 6) is -0.0539. The molecule has 0 saturated heterocycles. The Bertz CT molecular complexity index is 1150. The standard InChI is InChI=1S/C74H145NO3/c1-3-5-7-9-11-13-15-17-19-21-23-25-27-29-31-33-35-37-39-41-43-45-47-49-51-53-55-57-59-61-63-65-67-69-73(77)72(71-76)75-74(78)70-68-66-64-62-60-58-56-54-52-50-48-46-44-42-40-38-36-34-32-30-28-26-24-22-20-18-16-14-12-10-8-6-4-2/h22,24,67,69,72-73,76-77H,3-21,23,25-66,68,70-71H2,1-2H3,(H,75,78)/b24-22-,69-67+. The summed E-state index contributed by atoms with van der Waals surface area (Å²) in [6, 6.07) is -0.621. The van der Waals surface area contributed by atoms with E-state index in [1.54, 1.807) is 6.08 Å². The van der Waals surface area contributed by atoms with Crippen LogP contribution in [-0.2, 0) is 4.79 Å². The monoisotopic (exact) mass is 1100 g/mol. The number of nitrogens with one attached hydrogen (secondary N) is 1. The van der Waals surface area contributed by atoms with Gasteiger partial charge in [0.05, 0.1) is 18.8 Å². The maximum atomic E-state index is 12.6. The first-order valence-electron chi connectivity index (χ1n) is 36.6. The van der Waals surface area contributed by atoms with Gasteiger partial charge in [0.1, 0.15) is 0 Å². The molecule has 0 rings (SSSR count). The summed E-state index contributed by atoms with van der Waals surface area (Å²) in [5.41, 5.74) is 0. The lowest BCUT2D eigenvalue weighted by atomic mass is 10.0. The van der Waals surface area contributed by atoms with Gasteiger partial charge < -0.3 is 15.5 Å². The first kappa shape index (κ1) is 76.9. The van der Waals surface area contributed by atoms with Gasteiger partial charge >= 0.3 is 0 Å². The predicted octanol–water partition coefficient (Wildman–Crippen LogP) is 24.9. The summed E-state index contributed by atoms with van der Waals surface area (Å²) in [4.78, 5) is 12.6. The van der Waals surface area contributed by atoms with Gasteiger partial charge in [-0.25, -0.2) is 0 Å². The summed E-state index contributed by atoms with van der Waals surface area (Å²) in [5, 5.41) is 23.3. The number of unbranched alkanes of at least 4 members (excludes halogenated alkanes) is 60. The summed E-state index contributed by atoms with van der Waals surface area (Å²) < 4.78 is 0. The highest BCUT2D eigenvalue weighted by molar-refractivity contribution is 5.76. The van der Waals surface area contributed by atoms with Gasteiger partial charge in [0.2, 0.25) is 5.91 Å². The van der Waals surface area contributed by atoms with Crippen molar-refractivity contribution in [2.75, 3.05) is 6.61 Å². The molecule has 2 atom stereocenters. The van der Waals surface area contributed by atoms with E-state index in [1.165, 1.54) is 379 Å². The van der Waals surface area contributed by atoms with Crippen LogP contribution in [0, 0.1) is 0 Å². The third kappa shape index (κ3) is 65.7. The van der Waals surface area contributed by atoms with E-state index in [1.807, 2.05) is 6.08 Å². The number of amides is 1. The minimum Gasteiger partial charge on any atom is -0.394 e. The number of rotatable bonds is 69. The first-order valence-corrected chi connectivity index (χ1v) is 36.6. The zero-order valence-electron chi connectivity index (χ0n) is 53.7. The van der Waals surface area contributed by atoms with Gasteiger partial charge in [0, 0.05) is 6.42 Å². The zero-order valence-corrected chi connectivity index (χ0v) is 53.7. The Labute approximate surface area is 491 Å². The van der Waals surface area contributed by atoms with Gasteiger partial charge in [-0.15, -0.1) is 0 Å². The molecule has 0 aromatic rings. The average molecular weight is 1100 g/mol. The number of carbonyl (C=O) groups excluding carboxylic acids is 1. The highest BCUT2D eigenvalue weighted by Gasteiger charge is 2.18. The number of aliphatic hydroxyl groups excluding tert-OH is 2. The molecule has 2 unspecified atom stereocenters. The van der Waals surface area contributed by atoms with Crippen LogP contribution in [0.1, 0.15) is 425 Å². The third-order valence-corrected chi connectivity index (χ3v) is 17.4. The molecule has 0 bridgehead atoms. The van der Waals surface area contributed by atoms with Gasteiger partial charge in [-0.1, -0.05) is 398 Å². The maximum Gasteiger partial charge on any atom is 0.220 e. The highest BCUT2D eigenvalue weighted by Crippen LogP contribution is 2.20. The maximum absolute atomic E-state index is 12.6. The van der Waals surface area contributed by atoms with Crippen LogP contribution >= 0.6 is 0 Å². The van der Waals surface area contributed by atoms with Gasteiger partial charge in [-0.3, -0.25) is 4.79 Å². The molecular formula is C74H145NO3. The second-order valence-corrected chi connectivity index (χ2v) is 25.4. The molecule has 0 fully saturated rings. The van der Waals surface area contributed by atoms with Crippen LogP contribution in [0.5, 0.6) is 0 Å². The van der Waals surface area contributed by atoms with Crippen molar-refractivity contribution in [3.05, 3.63) is 24.3 Å². The van der Waals surface area contributed by atoms with Gasteiger partial charge in [0.15, 0.2) is 0 Å². The quantitative estimate of drug-likeness (QED) is 0.0420. The topological polar surface area (TPSA) is 69.6 Å². The summed E-state index contributed by atoms with van der Waals surface area (Å²) in [6.07, 6.45) is 95.8. The van der Waals surface area contributed by atoms with E-state index >= 15 is 0 Å². The van der Waals surface area contributed by atoms with E-state index in [-0.39, 0.29) is 12.5 Å². The van der Waals surface area contributed by atoms with Crippen molar-refractivity contribution in [1.82, 2.24) is 5.32 Å². The number of allylic oxidation sites excluding steroid dienone is 3. The van der Waals surface area contributed by atoms with Crippen LogP contribution in [0.2, 0.25) is 0 Å². The average Bonchev–Trinajstić information content (AvgIpc) is 3.44. The fourth-order valence-electron chi connectivity index (χ4n) is 11.9. The highest BCUT2D eigenvalue weighted by atomic mass is 16.3. The summed E-state index contributed by atoms with van der Waals surface area (Å²) >= 11 is 0. The second kappa shape index (κ2) is 70.1. The van der Waals surface area contributed by atoms with Crippen molar-refractivity contribution in [1.29, 1.82) is 0 Å². The van der Waals surface area contributed by atoms with Crippen molar-refractivity contribution in [2.45, 2.75) is 437 Å². The SMILES string of the molecule is CCCCCCCCCC/C=C\CCCCCCCCCCCCCCCCCCCCCCCC(=O)NC(CO)C(O)/C=C/CCCCCCCCCCCCCCCCCCCCCCCCCCCCCCCCC. The van der Waals surface area contributed by atoms with Crippen LogP contribution in [0.15, 0.2) is 24.3 Å².